The van der Waals surface area contributed by atoms with E-state index < -0.39 is 11.4 Å². The van der Waals surface area contributed by atoms with Crippen molar-refractivity contribution in [2.24, 2.45) is 16.6 Å². The van der Waals surface area contributed by atoms with E-state index in [0.29, 0.717) is 10.7 Å². The molecule has 2 heterocycles. The van der Waals surface area contributed by atoms with Crippen LogP contribution in [0.5, 0.6) is 0 Å². The molecule has 27 heavy (non-hydrogen) atoms. The van der Waals surface area contributed by atoms with Crippen molar-refractivity contribution < 1.29 is 9.18 Å². The highest BCUT2D eigenvalue weighted by atomic mass is 32.2. The molecule has 1 aromatic carbocycles. The molecular formula is C20H20FN3OS2. The molecule has 3 unspecified atom stereocenters. The van der Waals surface area contributed by atoms with E-state index in [1.807, 2.05) is 30.6 Å². The Hall–Kier alpha value is -1.99. The van der Waals surface area contributed by atoms with Crippen molar-refractivity contribution >= 4 is 40.3 Å². The van der Waals surface area contributed by atoms with Gasteiger partial charge < -0.3 is 11.1 Å². The fourth-order valence-corrected chi connectivity index (χ4v) is 5.61. The Balaban J connectivity index is 1.58. The summed E-state index contributed by atoms with van der Waals surface area (Å²) < 4.78 is 14.4. The van der Waals surface area contributed by atoms with Gasteiger partial charge in [-0.25, -0.2) is 4.39 Å². The molecule has 0 saturated heterocycles. The number of halogens is 1. The summed E-state index contributed by atoms with van der Waals surface area (Å²) in [7, 11) is 0. The van der Waals surface area contributed by atoms with Gasteiger partial charge in [0, 0.05) is 22.5 Å². The summed E-state index contributed by atoms with van der Waals surface area (Å²) in [5.41, 5.74) is 7.07. The molecule has 7 heteroatoms. The maximum atomic E-state index is 14.4. The summed E-state index contributed by atoms with van der Waals surface area (Å²) in [6, 6.07) is 4.78. The number of amides is 1. The Morgan fingerprint density at radius 2 is 2.19 bits per heavy atom. The summed E-state index contributed by atoms with van der Waals surface area (Å²) in [6.07, 6.45) is 8.83. The highest BCUT2D eigenvalue weighted by Gasteiger charge is 2.33. The quantitative estimate of drug-likeness (QED) is 0.798. The molecule has 3 aliphatic rings. The third kappa shape index (κ3) is 3.58. The number of hydrogen-bond acceptors (Lipinski definition) is 5. The molecule has 0 bridgehead atoms. The number of nitrogens with two attached hydrogens (primary N) is 1. The number of rotatable bonds is 3. The standard InChI is InChI=1S/C20H20FN3OS2/c1-20(8-9-26-19(22)24-20)12-6-7-15(21)16(10-12)23-18(25)14-11-27-17-5-3-2-4-13(14)17/h2-7,10-11,13,17H,8-9H2,1H3,(H2,22,24)(H,23,25). The van der Waals surface area contributed by atoms with Crippen molar-refractivity contribution in [1.29, 1.82) is 0 Å². The second kappa shape index (κ2) is 7.20. The number of hydrogen-bond donors (Lipinski definition) is 2. The summed E-state index contributed by atoms with van der Waals surface area (Å²) in [6.45, 7) is 1.98. The first-order chi connectivity index (χ1) is 13.0. The van der Waals surface area contributed by atoms with Crippen molar-refractivity contribution in [2.75, 3.05) is 11.1 Å². The predicted molar refractivity (Wildman–Crippen MR) is 112 cm³/mol. The second-order valence-corrected chi connectivity index (χ2v) is 9.11. The van der Waals surface area contributed by atoms with Gasteiger partial charge in [0.1, 0.15) is 5.82 Å². The maximum Gasteiger partial charge on any atom is 0.252 e. The van der Waals surface area contributed by atoms with Crippen molar-refractivity contribution in [3.05, 3.63) is 64.9 Å². The number of aliphatic imine (C=N–C) groups is 1. The van der Waals surface area contributed by atoms with Gasteiger partial charge in [0.05, 0.1) is 11.2 Å². The number of anilines is 1. The first kappa shape index (κ1) is 18.4. The number of carbonyl (C=O) groups is 1. The number of carbonyl (C=O) groups excluding carboxylic acids is 1. The average Bonchev–Trinajstić information content (AvgIpc) is 3.07. The van der Waals surface area contributed by atoms with Crippen molar-refractivity contribution in [2.45, 2.75) is 24.1 Å². The highest BCUT2D eigenvalue weighted by molar-refractivity contribution is 8.13. The number of fused-ring (bicyclic) bond motifs is 1. The molecule has 0 fully saturated rings. The SMILES string of the molecule is CC1(c2ccc(F)c(NC(=O)C3=CSC4C=CC=CC34)c2)CCSC(N)=N1. The third-order valence-corrected chi connectivity index (χ3v) is 7.04. The van der Waals surface area contributed by atoms with Gasteiger partial charge in [0.15, 0.2) is 5.17 Å². The second-order valence-electron chi connectivity index (χ2n) is 6.94. The van der Waals surface area contributed by atoms with Crippen molar-refractivity contribution in [1.82, 2.24) is 0 Å². The Labute approximate surface area is 166 Å². The number of amidine groups is 1. The molecule has 1 amide bonds. The van der Waals surface area contributed by atoms with Crippen LogP contribution in [0.4, 0.5) is 10.1 Å². The number of allylic oxidation sites excluding steroid dienone is 3. The molecule has 3 atom stereocenters. The zero-order valence-electron chi connectivity index (χ0n) is 14.8. The van der Waals surface area contributed by atoms with E-state index in [4.69, 9.17) is 5.73 Å². The first-order valence-corrected chi connectivity index (χ1v) is 10.7. The Bertz CT molecular complexity index is 908. The van der Waals surface area contributed by atoms with E-state index in [1.165, 1.54) is 17.8 Å². The average molecular weight is 402 g/mol. The van der Waals surface area contributed by atoms with E-state index >= 15 is 0 Å². The van der Waals surface area contributed by atoms with Crippen LogP contribution in [0.25, 0.3) is 0 Å². The largest absolute Gasteiger partial charge is 0.379 e. The molecule has 2 aliphatic heterocycles. The lowest BCUT2D eigenvalue weighted by Crippen LogP contribution is -2.29. The Kier molecular flexibility index (Phi) is 4.90. The molecule has 4 nitrogen and oxygen atoms in total. The molecular weight excluding hydrogens is 381 g/mol. The van der Waals surface area contributed by atoms with Gasteiger partial charge in [-0.1, -0.05) is 42.1 Å². The Morgan fingerprint density at radius 3 is 3.00 bits per heavy atom. The van der Waals surface area contributed by atoms with Crippen LogP contribution < -0.4 is 11.1 Å². The molecule has 0 spiro atoms. The minimum atomic E-state index is -0.507. The lowest BCUT2D eigenvalue weighted by atomic mass is 9.89. The number of nitrogens with zero attached hydrogens (tertiary/aromatic N) is 1. The normalized spacial score (nSPS) is 29.1. The van der Waals surface area contributed by atoms with Gasteiger partial charge >= 0.3 is 0 Å². The lowest BCUT2D eigenvalue weighted by Gasteiger charge is -2.30. The summed E-state index contributed by atoms with van der Waals surface area (Å²) in [5, 5.41) is 5.40. The highest BCUT2D eigenvalue weighted by Crippen LogP contribution is 2.40. The Morgan fingerprint density at radius 1 is 1.37 bits per heavy atom. The van der Waals surface area contributed by atoms with Gasteiger partial charge in [-0.2, -0.15) is 0 Å². The molecule has 0 radical (unpaired) electrons. The van der Waals surface area contributed by atoms with E-state index in [0.717, 1.165) is 17.7 Å². The number of benzene rings is 1. The number of thioether (sulfide) groups is 2. The van der Waals surface area contributed by atoms with Crippen molar-refractivity contribution in [3.63, 3.8) is 0 Å². The van der Waals surface area contributed by atoms with Gasteiger partial charge in [-0.3, -0.25) is 9.79 Å². The third-order valence-electron chi connectivity index (χ3n) is 5.09. The molecule has 0 aromatic heterocycles. The zero-order valence-corrected chi connectivity index (χ0v) is 16.4. The van der Waals surface area contributed by atoms with Crippen molar-refractivity contribution in [3.8, 4) is 0 Å². The van der Waals surface area contributed by atoms with Crippen LogP contribution >= 0.6 is 23.5 Å². The van der Waals surface area contributed by atoms with E-state index in [2.05, 4.69) is 16.4 Å². The monoisotopic (exact) mass is 401 g/mol. The molecule has 4 rings (SSSR count). The van der Waals surface area contributed by atoms with E-state index in [1.54, 1.807) is 23.9 Å². The minimum Gasteiger partial charge on any atom is -0.379 e. The summed E-state index contributed by atoms with van der Waals surface area (Å²) in [4.78, 5) is 17.3. The maximum absolute atomic E-state index is 14.4. The minimum absolute atomic E-state index is 0.0310. The first-order valence-electron chi connectivity index (χ1n) is 8.76. The van der Waals surface area contributed by atoms with E-state index in [-0.39, 0.29) is 22.8 Å². The molecule has 1 aliphatic carbocycles. The molecule has 140 valence electrons. The van der Waals surface area contributed by atoms with Crippen LogP contribution in [0.3, 0.4) is 0 Å². The fourth-order valence-electron chi connectivity index (χ4n) is 3.48. The predicted octanol–water partition coefficient (Wildman–Crippen LogP) is 4.17. The van der Waals surface area contributed by atoms with Gasteiger partial charge in [0.25, 0.3) is 5.91 Å². The van der Waals surface area contributed by atoms with Gasteiger partial charge in [-0.15, -0.1) is 11.8 Å². The van der Waals surface area contributed by atoms with E-state index in [9.17, 15) is 9.18 Å². The topological polar surface area (TPSA) is 67.5 Å². The van der Waals surface area contributed by atoms with Crippen LogP contribution in [0.1, 0.15) is 18.9 Å². The fraction of sp³-hybridized carbons (Fsp3) is 0.300. The van der Waals surface area contributed by atoms with Crippen LogP contribution in [0.2, 0.25) is 0 Å². The smallest absolute Gasteiger partial charge is 0.252 e. The summed E-state index contributed by atoms with van der Waals surface area (Å²) in [5.74, 6) is 0.166. The van der Waals surface area contributed by atoms with Crippen LogP contribution in [-0.4, -0.2) is 22.1 Å². The zero-order chi connectivity index (χ0) is 19.0. The molecule has 0 saturated carbocycles. The molecule has 3 N–H and O–H groups in total. The van der Waals surface area contributed by atoms with Gasteiger partial charge in [-0.05, 0) is 36.4 Å². The lowest BCUT2D eigenvalue weighted by molar-refractivity contribution is -0.113. The summed E-state index contributed by atoms with van der Waals surface area (Å²) >= 11 is 3.14. The molecule has 1 aromatic rings. The van der Waals surface area contributed by atoms with Crippen LogP contribution in [0.15, 0.2) is 58.5 Å². The number of nitrogens with one attached hydrogen (secondary N) is 1. The van der Waals surface area contributed by atoms with Crippen LogP contribution in [-0.2, 0) is 10.3 Å². The van der Waals surface area contributed by atoms with Crippen LogP contribution in [0, 0.1) is 11.7 Å². The van der Waals surface area contributed by atoms with Gasteiger partial charge in [0.2, 0.25) is 0 Å².